The zero-order valence-corrected chi connectivity index (χ0v) is 22.7. The molecule has 0 bridgehead atoms. The summed E-state index contributed by atoms with van der Waals surface area (Å²) < 4.78 is 35.6. The van der Waals surface area contributed by atoms with Crippen LogP contribution in [0.4, 0.5) is 5.69 Å². The topological polar surface area (TPSA) is 84.0 Å². The average molecular weight is 513 g/mol. The van der Waals surface area contributed by atoms with Crippen molar-refractivity contribution < 1.29 is 22.7 Å². The third kappa shape index (κ3) is 4.68. The van der Waals surface area contributed by atoms with Gasteiger partial charge >= 0.3 is 0 Å². The Balaban J connectivity index is 1.82. The zero-order chi connectivity index (χ0) is 26.2. The molecule has 1 aliphatic carbocycles. The lowest BCUT2D eigenvalue weighted by atomic mass is 10.0. The Kier molecular flexibility index (Phi) is 7.57. The van der Waals surface area contributed by atoms with Crippen LogP contribution in [-0.4, -0.2) is 43.7 Å². The summed E-state index contributed by atoms with van der Waals surface area (Å²) in [6.07, 6.45) is 5.09. The summed E-state index contributed by atoms with van der Waals surface area (Å²) >= 11 is 0. The molecule has 2 amide bonds. The molecular formula is C28H36N2O5S. The van der Waals surface area contributed by atoms with E-state index in [0.29, 0.717) is 35.4 Å². The largest absolute Gasteiger partial charge is 0.497 e. The Labute approximate surface area is 214 Å². The second kappa shape index (κ2) is 10.3. The van der Waals surface area contributed by atoms with Gasteiger partial charge in [0.1, 0.15) is 11.8 Å². The number of sulfonamides is 1. The molecular weight excluding hydrogens is 476 g/mol. The molecule has 2 aromatic carbocycles. The highest BCUT2D eigenvalue weighted by Crippen LogP contribution is 2.37. The molecule has 2 aromatic rings. The maximum atomic E-state index is 14.5. The maximum absolute atomic E-state index is 14.5. The molecule has 1 unspecified atom stereocenters. The van der Waals surface area contributed by atoms with Crippen molar-refractivity contribution >= 4 is 27.5 Å². The number of carbonyl (C=O) groups is 2. The van der Waals surface area contributed by atoms with Crippen LogP contribution >= 0.6 is 0 Å². The van der Waals surface area contributed by atoms with Crippen molar-refractivity contribution in [1.82, 2.24) is 4.31 Å². The van der Waals surface area contributed by atoms with Crippen LogP contribution in [0.2, 0.25) is 0 Å². The number of carbonyl (C=O) groups excluding carboxylic acids is 2. The molecule has 1 heterocycles. The Bertz CT molecular complexity index is 1240. The monoisotopic (exact) mass is 512 g/mol. The van der Waals surface area contributed by atoms with Crippen LogP contribution in [0.15, 0.2) is 35.2 Å². The summed E-state index contributed by atoms with van der Waals surface area (Å²) in [6.45, 7) is 7.47. The van der Waals surface area contributed by atoms with Crippen molar-refractivity contribution in [3.05, 3.63) is 52.6 Å². The van der Waals surface area contributed by atoms with Crippen molar-refractivity contribution in [2.24, 2.45) is 0 Å². The van der Waals surface area contributed by atoms with Crippen LogP contribution in [-0.2, 0) is 19.6 Å². The standard InChI is InChI=1S/C28H36N2O5S/c1-18-16-19(2)21(4)27(20(18)3)36(33,34)30(23-10-8-6-7-9-11-23)25-17-26(31)29(28(25)32)22-12-14-24(35-5)15-13-22/h12-16,23,25H,6-11,17H2,1-5H3. The molecule has 1 aliphatic heterocycles. The minimum absolute atomic E-state index is 0.163. The highest BCUT2D eigenvalue weighted by atomic mass is 32.2. The van der Waals surface area contributed by atoms with Gasteiger partial charge < -0.3 is 4.74 Å². The first-order chi connectivity index (χ1) is 17.1. The second-order valence-electron chi connectivity index (χ2n) is 10.1. The van der Waals surface area contributed by atoms with Gasteiger partial charge in [0.2, 0.25) is 15.9 Å². The summed E-state index contributed by atoms with van der Waals surface area (Å²) in [5.41, 5.74) is 3.60. The maximum Gasteiger partial charge on any atom is 0.252 e. The molecule has 8 heteroatoms. The lowest BCUT2D eigenvalue weighted by Crippen LogP contribution is -2.51. The van der Waals surface area contributed by atoms with E-state index in [1.165, 1.54) is 4.31 Å². The van der Waals surface area contributed by atoms with E-state index in [-0.39, 0.29) is 17.4 Å². The summed E-state index contributed by atoms with van der Waals surface area (Å²) in [7, 11) is -2.52. The van der Waals surface area contributed by atoms with Crippen LogP contribution in [0.1, 0.15) is 67.2 Å². The first-order valence-corrected chi connectivity index (χ1v) is 14.1. The van der Waals surface area contributed by atoms with Crippen LogP contribution in [0.5, 0.6) is 5.75 Å². The number of amides is 2. The fraction of sp³-hybridized carbons (Fsp3) is 0.500. The third-order valence-electron chi connectivity index (χ3n) is 7.78. The molecule has 7 nitrogen and oxygen atoms in total. The molecule has 4 rings (SSSR count). The molecule has 1 saturated carbocycles. The molecule has 2 aliphatic rings. The van der Waals surface area contributed by atoms with Crippen LogP contribution in [0.25, 0.3) is 0 Å². The van der Waals surface area contributed by atoms with Crippen molar-refractivity contribution in [3.63, 3.8) is 0 Å². The van der Waals surface area contributed by atoms with Gasteiger partial charge in [0.25, 0.3) is 5.91 Å². The van der Waals surface area contributed by atoms with Gasteiger partial charge in [-0.05, 0) is 87.1 Å². The highest BCUT2D eigenvalue weighted by Gasteiger charge is 2.50. The molecule has 0 radical (unpaired) electrons. The van der Waals surface area contributed by atoms with Gasteiger partial charge in [0, 0.05) is 6.04 Å². The molecule has 2 fully saturated rings. The number of hydrogen-bond donors (Lipinski definition) is 0. The van der Waals surface area contributed by atoms with Gasteiger partial charge in [0.15, 0.2) is 0 Å². The fourth-order valence-corrected chi connectivity index (χ4v) is 8.03. The van der Waals surface area contributed by atoms with E-state index in [1.807, 2.05) is 33.8 Å². The number of imide groups is 1. The van der Waals surface area contributed by atoms with E-state index in [4.69, 9.17) is 4.74 Å². The number of hydrogen-bond acceptors (Lipinski definition) is 5. The number of ether oxygens (including phenoxy) is 1. The average Bonchev–Trinajstić information content (AvgIpc) is 2.99. The van der Waals surface area contributed by atoms with Gasteiger partial charge in [0.05, 0.1) is 24.1 Å². The number of benzene rings is 2. The minimum atomic E-state index is -4.07. The summed E-state index contributed by atoms with van der Waals surface area (Å²) in [5, 5.41) is 0. The predicted octanol–water partition coefficient (Wildman–Crippen LogP) is 4.97. The molecule has 194 valence electrons. The molecule has 1 saturated heterocycles. The smallest absolute Gasteiger partial charge is 0.252 e. The van der Waals surface area contributed by atoms with Crippen molar-refractivity contribution in [2.75, 3.05) is 12.0 Å². The first kappa shape index (κ1) is 26.4. The van der Waals surface area contributed by atoms with E-state index in [9.17, 15) is 18.0 Å². The Morgan fingerprint density at radius 3 is 1.97 bits per heavy atom. The van der Waals surface area contributed by atoms with Crippen LogP contribution in [0, 0.1) is 27.7 Å². The summed E-state index contributed by atoms with van der Waals surface area (Å²) in [5.74, 6) is -0.270. The van der Waals surface area contributed by atoms with E-state index in [2.05, 4.69) is 0 Å². The normalized spacial score (nSPS) is 19.7. The molecule has 0 N–H and O–H groups in total. The predicted molar refractivity (Wildman–Crippen MR) is 140 cm³/mol. The lowest BCUT2D eigenvalue weighted by molar-refractivity contribution is -0.122. The minimum Gasteiger partial charge on any atom is -0.497 e. The van der Waals surface area contributed by atoms with Gasteiger partial charge in [-0.1, -0.05) is 31.7 Å². The van der Waals surface area contributed by atoms with Crippen molar-refractivity contribution in [1.29, 1.82) is 0 Å². The van der Waals surface area contributed by atoms with Gasteiger partial charge in [-0.2, -0.15) is 4.31 Å². The number of aryl methyl sites for hydroxylation is 2. The van der Waals surface area contributed by atoms with Gasteiger partial charge in [-0.25, -0.2) is 13.3 Å². The molecule has 36 heavy (non-hydrogen) atoms. The van der Waals surface area contributed by atoms with E-state index >= 15 is 0 Å². The Hall–Kier alpha value is -2.71. The quantitative estimate of drug-likeness (QED) is 0.403. The number of methoxy groups -OCH3 is 1. The summed E-state index contributed by atoms with van der Waals surface area (Å²) in [4.78, 5) is 28.4. The SMILES string of the molecule is COc1ccc(N2C(=O)CC(N(C3CCCCCC3)S(=O)(=O)c3c(C)c(C)cc(C)c3C)C2=O)cc1. The van der Waals surface area contributed by atoms with Gasteiger partial charge in [-0.15, -0.1) is 0 Å². The van der Waals surface area contributed by atoms with Crippen molar-refractivity contribution in [3.8, 4) is 5.75 Å². The zero-order valence-electron chi connectivity index (χ0n) is 21.8. The summed E-state index contributed by atoms with van der Waals surface area (Å²) in [6, 6.07) is 7.28. The number of rotatable bonds is 6. The molecule has 1 atom stereocenters. The first-order valence-electron chi connectivity index (χ1n) is 12.7. The second-order valence-corrected chi connectivity index (χ2v) is 11.8. The van der Waals surface area contributed by atoms with Crippen LogP contribution < -0.4 is 9.64 Å². The fourth-order valence-electron chi connectivity index (χ4n) is 5.62. The van der Waals surface area contributed by atoms with E-state index in [1.54, 1.807) is 31.4 Å². The van der Waals surface area contributed by atoms with Gasteiger partial charge in [-0.3, -0.25) is 9.59 Å². The highest BCUT2D eigenvalue weighted by molar-refractivity contribution is 7.89. The number of nitrogens with zero attached hydrogens (tertiary/aromatic N) is 2. The van der Waals surface area contributed by atoms with E-state index in [0.717, 1.165) is 41.7 Å². The third-order valence-corrected chi connectivity index (χ3v) is 10.0. The Morgan fingerprint density at radius 1 is 0.889 bits per heavy atom. The lowest BCUT2D eigenvalue weighted by Gasteiger charge is -2.35. The number of anilines is 1. The van der Waals surface area contributed by atoms with E-state index < -0.39 is 27.9 Å². The molecule has 0 spiro atoms. The van der Waals surface area contributed by atoms with Crippen molar-refractivity contribution in [2.45, 2.75) is 89.6 Å². The molecule has 0 aromatic heterocycles. The Morgan fingerprint density at radius 2 is 1.44 bits per heavy atom. The van der Waals surface area contributed by atoms with Crippen LogP contribution in [0.3, 0.4) is 0 Å².